The Bertz CT molecular complexity index is 511. The first-order chi connectivity index (χ1) is 8.78. The van der Waals surface area contributed by atoms with Gasteiger partial charge < -0.3 is 10.1 Å². The Balaban J connectivity index is 1.99. The van der Waals surface area contributed by atoms with E-state index in [0.29, 0.717) is 6.61 Å². The number of aromatic nitrogens is 1. The molecule has 0 aliphatic heterocycles. The van der Waals surface area contributed by atoms with Crippen LogP contribution in [0, 0.1) is 6.92 Å². The number of hydrogen-bond donors (Lipinski definition) is 1. The van der Waals surface area contributed by atoms with Crippen molar-refractivity contribution in [2.45, 2.75) is 20.4 Å². The molecule has 0 amide bonds. The van der Waals surface area contributed by atoms with Gasteiger partial charge >= 0.3 is 0 Å². The van der Waals surface area contributed by atoms with Gasteiger partial charge in [0.1, 0.15) is 11.6 Å². The van der Waals surface area contributed by atoms with Gasteiger partial charge in [-0.2, -0.15) is 0 Å². The molecule has 2 aromatic rings. The Hall–Kier alpha value is -2.03. The summed E-state index contributed by atoms with van der Waals surface area (Å²) in [5.41, 5.74) is 2.39. The summed E-state index contributed by atoms with van der Waals surface area (Å²) in [7, 11) is 0. The summed E-state index contributed by atoms with van der Waals surface area (Å²) in [5, 5.41) is 3.30. The van der Waals surface area contributed by atoms with Gasteiger partial charge in [-0.15, -0.1) is 0 Å². The zero-order valence-corrected chi connectivity index (χ0v) is 10.8. The first-order valence-electron chi connectivity index (χ1n) is 6.16. The lowest BCUT2D eigenvalue weighted by Crippen LogP contribution is -2.02. The second-order valence-electron chi connectivity index (χ2n) is 4.15. The lowest BCUT2D eigenvalue weighted by Gasteiger charge is -2.08. The minimum atomic E-state index is 0.691. The zero-order valence-electron chi connectivity index (χ0n) is 10.8. The highest BCUT2D eigenvalue weighted by Gasteiger charge is 1.98. The summed E-state index contributed by atoms with van der Waals surface area (Å²) in [6.45, 7) is 5.48. The van der Waals surface area contributed by atoms with Crippen molar-refractivity contribution in [3.8, 4) is 5.75 Å². The van der Waals surface area contributed by atoms with Crippen molar-refractivity contribution in [2.75, 3.05) is 11.9 Å². The molecule has 0 atom stereocenters. The SMILES string of the molecule is CCOc1cccc(CNc2cc(C)ccn2)c1. The molecular formula is C15H18N2O. The van der Waals surface area contributed by atoms with E-state index in [1.54, 1.807) is 0 Å². The number of benzene rings is 1. The minimum absolute atomic E-state index is 0.691. The molecule has 1 N–H and O–H groups in total. The van der Waals surface area contributed by atoms with Gasteiger partial charge in [-0.25, -0.2) is 4.98 Å². The van der Waals surface area contributed by atoms with Crippen LogP contribution in [0.5, 0.6) is 5.75 Å². The van der Waals surface area contributed by atoms with Crippen LogP contribution in [0.25, 0.3) is 0 Å². The molecule has 1 aromatic carbocycles. The Morgan fingerprint density at radius 1 is 1.22 bits per heavy atom. The lowest BCUT2D eigenvalue weighted by atomic mass is 10.2. The van der Waals surface area contributed by atoms with Gasteiger partial charge in [-0.3, -0.25) is 0 Å². The van der Waals surface area contributed by atoms with Crippen LogP contribution in [0.2, 0.25) is 0 Å². The monoisotopic (exact) mass is 242 g/mol. The molecule has 1 aromatic heterocycles. The van der Waals surface area contributed by atoms with Gasteiger partial charge in [0.2, 0.25) is 0 Å². The van der Waals surface area contributed by atoms with Gasteiger partial charge in [-0.1, -0.05) is 12.1 Å². The number of hydrogen-bond acceptors (Lipinski definition) is 3. The standard InChI is InChI=1S/C15H18N2O/c1-3-18-14-6-4-5-13(10-14)11-17-15-9-12(2)7-8-16-15/h4-10H,3,11H2,1-2H3,(H,16,17). The molecule has 0 aliphatic carbocycles. The summed E-state index contributed by atoms with van der Waals surface area (Å²) in [6, 6.07) is 12.1. The normalized spacial score (nSPS) is 10.1. The van der Waals surface area contributed by atoms with E-state index in [9.17, 15) is 0 Å². The fraction of sp³-hybridized carbons (Fsp3) is 0.267. The molecule has 0 spiro atoms. The molecule has 94 valence electrons. The number of ether oxygens (including phenoxy) is 1. The first kappa shape index (κ1) is 12.4. The maximum Gasteiger partial charge on any atom is 0.126 e. The first-order valence-corrected chi connectivity index (χ1v) is 6.16. The average molecular weight is 242 g/mol. The molecule has 0 bridgehead atoms. The van der Waals surface area contributed by atoms with Crippen LogP contribution < -0.4 is 10.1 Å². The van der Waals surface area contributed by atoms with Crippen molar-refractivity contribution in [1.29, 1.82) is 0 Å². The van der Waals surface area contributed by atoms with E-state index in [1.165, 1.54) is 11.1 Å². The van der Waals surface area contributed by atoms with Gasteiger partial charge in [0.25, 0.3) is 0 Å². The van der Waals surface area contributed by atoms with E-state index in [-0.39, 0.29) is 0 Å². The number of aryl methyl sites for hydroxylation is 1. The molecule has 3 nitrogen and oxygen atoms in total. The van der Waals surface area contributed by atoms with E-state index in [0.717, 1.165) is 18.1 Å². The maximum absolute atomic E-state index is 5.47. The Morgan fingerprint density at radius 2 is 2.11 bits per heavy atom. The van der Waals surface area contributed by atoms with Gasteiger partial charge in [0.05, 0.1) is 6.61 Å². The zero-order chi connectivity index (χ0) is 12.8. The largest absolute Gasteiger partial charge is 0.494 e. The lowest BCUT2D eigenvalue weighted by molar-refractivity contribution is 0.340. The highest BCUT2D eigenvalue weighted by molar-refractivity contribution is 5.39. The number of pyridine rings is 1. The second-order valence-corrected chi connectivity index (χ2v) is 4.15. The van der Waals surface area contributed by atoms with E-state index in [4.69, 9.17) is 4.74 Å². The molecule has 2 rings (SSSR count). The van der Waals surface area contributed by atoms with Crippen LogP contribution in [0.3, 0.4) is 0 Å². The number of nitrogens with one attached hydrogen (secondary N) is 1. The Labute approximate surface area is 108 Å². The Morgan fingerprint density at radius 3 is 2.89 bits per heavy atom. The average Bonchev–Trinajstić information content (AvgIpc) is 2.37. The summed E-state index contributed by atoms with van der Waals surface area (Å²) in [6.07, 6.45) is 1.81. The third-order valence-corrected chi connectivity index (χ3v) is 2.60. The van der Waals surface area contributed by atoms with Gasteiger partial charge in [0, 0.05) is 12.7 Å². The van der Waals surface area contributed by atoms with Crippen LogP contribution in [0.1, 0.15) is 18.1 Å². The predicted octanol–water partition coefficient (Wildman–Crippen LogP) is 3.40. The molecule has 0 saturated heterocycles. The minimum Gasteiger partial charge on any atom is -0.494 e. The summed E-state index contributed by atoms with van der Waals surface area (Å²) in [4.78, 5) is 4.27. The summed E-state index contributed by atoms with van der Waals surface area (Å²) < 4.78 is 5.47. The molecule has 0 unspecified atom stereocenters. The molecule has 3 heteroatoms. The fourth-order valence-electron chi connectivity index (χ4n) is 1.74. The van der Waals surface area contributed by atoms with Crippen LogP contribution in [0.15, 0.2) is 42.6 Å². The topological polar surface area (TPSA) is 34.1 Å². The van der Waals surface area contributed by atoms with E-state index in [2.05, 4.69) is 23.3 Å². The molecule has 1 heterocycles. The quantitative estimate of drug-likeness (QED) is 0.872. The fourth-order valence-corrected chi connectivity index (χ4v) is 1.74. The molecule has 18 heavy (non-hydrogen) atoms. The molecule has 0 radical (unpaired) electrons. The third kappa shape index (κ3) is 3.48. The molecular weight excluding hydrogens is 224 g/mol. The molecule has 0 aliphatic rings. The van der Waals surface area contributed by atoms with Crippen molar-refractivity contribution in [2.24, 2.45) is 0 Å². The van der Waals surface area contributed by atoms with Gasteiger partial charge in [0.15, 0.2) is 0 Å². The van der Waals surface area contributed by atoms with Crippen molar-refractivity contribution in [1.82, 2.24) is 4.98 Å². The van der Waals surface area contributed by atoms with E-state index >= 15 is 0 Å². The summed E-state index contributed by atoms with van der Waals surface area (Å²) >= 11 is 0. The van der Waals surface area contributed by atoms with Gasteiger partial charge in [-0.05, 0) is 49.2 Å². The van der Waals surface area contributed by atoms with Crippen LogP contribution in [-0.4, -0.2) is 11.6 Å². The van der Waals surface area contributed by atoms with Crippen molar-refractivity contribution in [3.05, 3.63) is 53.7 Å². The Kier molecular flexibility index (Phi) is 4.18. The van der Waals surface area contributed by atoms with Crippen molar-refractivity contribution >= 4 is 5.82 Å². The molecule has 0 saturated carbocycles. The molecule has 0 fully saturated rings. The van der Waals surface area contributed by atoms with Crippen molar-refractivity contribution < 1.29 is 4.74 Å². The number of nitrogens with zero attached hydrogens (tertiary/aromatic N) is 1. The highest BCUT2D eigenvalue weighted by atomic mass is 16.5. The number of anilines is 1. The smallest absolute Gasteiger partial charge is 0.126 e. The van der Waals surface area contributed by atoms with E-state index < -0.39 is 0 Å². The maximum atomic E-state index is 5.47. The summed E-state index contributed by atoms with van der Waals surface area (Å²) in [5.74, 6) is 1.81. The van der Waals surface area contributed by atoms with Crippen LogP contribution in [-0.2, 0) is 6.54 Å². The second kappa shape index (κ2) is 6.05. The van der Waals surface area contributed by atoms with Crippen molar-refractivity contribution in [3.63, 3.8) is 0 Å². The van der Waals surface area contributed by atoms with E-state index in [1.807, 2.05) is 43.5 Å². The predicted molar refractivity (Wildman–Crippen MR) is 73.9 cm³/mol. The van der Waals surface area contributed by atoms with Crippen LogP contribution >= 0.6 is 0 Å². The number of rotatable bonds is 5. The van der Waals surface area contributed by atoms with Crippen LogP contribution in [0.4, 0.5) is 5.82 Å². The highest BCUT2D eigenvalue weighted by Crippen LogP contribution is 2.14. The third-order valence-electron chi connectivity index (χ3n) is 2.60.